The van der Waals surface area contributed by atoms with E-state index in [9.17, 15) is 4.79 Å². The van der Waals surface area contributed by atoms with Crippen molar-refractivity contribution in [3.05, 3.63) is 0 Å². The van der Waals surface area contributed by atoms with Crippen molar-refractivity contribution >= 4 is 5.97 Å². The second-order valence-corrected chi connectivity index (χ2v) is 5.66. The molecule has 0 heterocycles. The Morgan fingerprint density at radius 3 is 2.76 bits per heavy atom. The Hall–Kier alpha value is -0.570. The molecule has 0 aliphatic heterocycles. The van der Waals surface area contributed by atoms with Crippen LogP contribution in [0.3, 0.4) is 0 Å². The standard InChI is InChI=1S/C14H26O3/c1-5-9-16-12-7-6-8-14(12,4)13(15)17-10-11(2)3/h11-12H,5-10H2,1-4H3. The van der Waals surface area contributed by atoms with Gasteiger partial charge in [-0.05, 0) is 38.5 Å². The number of hydrogen-bond donors (Lipinski definition) is 0. The van der Waals surface area contributed by atoms with Crippen LogP contribution in [0.4, 0.5) is 0 Å². The highest BCUT2D eigenvalue weighted by Crippen LogP contribution is 2.41. The molecule has 1 fully saturated rings. The summed E-state index contributed by atoms with van der Waals surface area (Å²) in [5.74, 6) is 0.309. The van der Waals surface area contributed by atoms with E-state index in [4.69, 9.17) is 9.47 Å². The quantitative estimate of drug-likeness (QED) is 0.671. The van der Waals surface area contributed by atoms with Gasteiger partial charge in [0.2, 0.25) is 0 Å². The van der Waals surface area contributed by atoms with Crippen molar-refractivity contribution in [2.24, 2.45) is 11.3 Å². The average molecular weight is 242 g/mol. The maximum atomic E-state index is 12.1. The number of esters is 1. The molecule has 1 saturated carbocycles. The van der Waals surface area contributed by atoms with Crippen LogP contribution in [0.15, 0.2) is 0 Å². The highest BCUT2D eigenvalue weighted by Gasteiger charge is 2.47. The lowest BCUT2D eigenvalue weighted by atomic mass is 9.86. The fraction of sp³-hybridized carbons (Fsp3) is 0.929. The SMILES string of the molecule is CCCOC1CCCC1(C)C(=O)OCC(C)C. The molecule has 0 saturated heterocycles. The minimum atomic E-state index is -0.427. The fourth-order valence-electron chi connectivity index (χ4n) is 2.30. The lowest BCUT2D eigenvalue weighted by molar-refractivity contribution is -0.163. The van der Waals surface area contributed by atoms with Crippen molar-refractivity contribution in [1.29, 1.82) is 0 Å². The van der Waals surface area contributed by atoms with E-state index < -0.39 is 5.41 Å². The lowest BCUT2D eigenvalue weighted by Crippen LogP contribution is -2.39. The summed E-state index contributed by atoms with van der Waals surface area (Å²) < 4.78 is 11.2. The van der Waals surface area contributed by atoms with E-state index in [-0.39, 0.29) is 12.1 Å². The van der Waals surface area contributed by atoms with Gasteiger partial charge in [-0.15, -0.1) is 0 Å². The van der Waals surface area contributed by atoms with Gasteiger partial charge < -0.3 is 9.47 Å². The zero-order valence-corrected chi connectivity index (χ0v) is 11.6. The van der Waals surface area contributed by atoms with Gasteiger partial charge in [0.15, 0.2) is 0 Å². The zero-order chi connectivity index (χ0) is 12.9. The molecule has 3 nitrogen and oxygen atoms in total. The monoisotopic (exact) mass is 242 g/mol. The molecule has 0 N–H and O–H groups in total. The van der Waals surface area contributed by atoms with Gasteiger partial charge in [0.05, 0.1) is 18.1 Å². The normalized spacial score (nSPS) is 28.6. The van der Waals surface area contributed by atoms with Crippen molar-refractivity contribution in [2.45, 2.75) is 59.5 Å². The smallest absolute Gasteiger partial charge is 0.314 e. The molecule has 0 aromatic rings. The topological polar surface area (TPSA) is 35.5 Å². The fourth-order valence-corrected chi connectivity index (χ4v) is 2.30. The summed E-state index contributed by atoms with van der Waals surface area (Å²) in [4.78, 5) is 12.1. The molecule has 1 rings (SSSR count). The molecule has 0 aromatic heterocycles. The first-order valence-electron chi connectivity index (χ1n) is 6.79. The van der Waals surface area contributed by atoms with Gasteiger partial charge in [-0.25, -0.2) is 0 Å². The molecule has 0 amide bonds. The number of ether oxygens (including phenoxy) is 2. The summed E-state index contributed by atoms with van der Waals surface area (Å²) >= 11 is 0. The summed E-state index contributed by atoms with van der Waals surface area (Å²) in [6.45, 7) is 9.42. The predicted molar refractivity (Wildman–Crippen MR) is 67.8 cm³/mol. The number of carbonyl (C=O) groups excluding carboxylic acids is 1. The van der Waals surface area contributed by atoms with Gasteiger partial charge in [0.1, 0.15) is 0 Å². The Labute approximate surface area is 105 Å². The molecule has 2 unspecified atom stereocenters. The van der Waals surface area contributed by atoms with Crippen LogP contribution in [-0.4, -0.2) is 25.3 Å². The Morgan fingerprint density at radius 1 is 1.47 bits per heavy atom. The maximum Gasteiger partial charge on any atom is 0.314 e. The molecule has 3 heteroatoms. The maximum absolute atomic E-state index is 12.1. The summed E-state index contributed by atoms with van der Waals surface area (Å²) in [5.41, 5.74) is -0.427. The Bertz CT molecular complexity index is 250. The second kappa shape index (κ2) is 6.39. The first kappa shape index (κ1) is 14.5. The van der Waals surface area contributed by atoms with Crippen molar-refractivity contribution in [1.82, 2.24) is 0 Å². The van der Waals surface area contributed by atoms with Crippen molar-refractivity contribution in [3.63, 3.8) is 0 Å². The zero-order valence-electron chi connectivity index (χ0n) is 11.6. The second-order valence-electron chi connectivity index (χ2n) is 5.66. The third-order valence-corrected chi connectivity index (χ3v) is 3.41. The molecule has 17 heavy (non-hydrogen) atoms. The van der Waals surface area contributed by atoms with Gasteiger partial charge in [0.25, 0.3) is 0 Å². The van der Waals surface area contributed by atoms with Crippen LogP contribution in [0, 0.1) is 11.3 Å². The van der Waals surface area contributed by atoms with E-state index in [1.807, 2.05) is 6.92 Å². The first-order chi connectivity index (χ1) is 8.00. The number of rotatable bonds is 6. The number of carbonyl (C=O) groups is 1. The first-order valence-corrected chi connectivity index (χ1v) is 6.79. The van der Waals surface area contributed by atoms with Crippen molar-refractivity contribution in [2.75, 3.05) is 13.2 Å². The molecule has 0 radical (unpaired) electrons. The number of hydrogen-bond acceptors (Lipinski definition) is 3. The molecular weight excluding hydrogens is 216 g/mol. The van der Waals surface area contributed by atoms with E-state index in [1.54, 1.807) is 0 Å². The third kappa shape index (κ3) is 3.70. The Morgan fingerprint density at radius 2 is 2.18 bits per heavy atom. The third-order valence-electron chi connectivity index (χ3n) is 3.41. The molecule has 0 aromatic carbocycles. The summed E-state index contributed by atoms with van der Waals surface area (Å²) in [6.07, 6.45) is 3.96. The van der Waals surface area contributed by atoms with Crippen LogP contribution in [0.25, 0.3) is 0 Å². The Balaban J connectivity index is 2.54. The van der Waals surface area contributed by atoms with Crippen LogP contribution >= 0.6 is 0 Å². The van der Waals surface area contributed by atoms with E-state index >= 15 is 0 Å². The van der Waals surface area contributed by atoms with Gasteiger partial charge >= 0.3 is 5.97 Å². The lowest BCUT2D eigenvalue weighted by Gasteiger charge is -2.29. The van der Waals surface area contributed by atoms with E-state index in [2.05, 4.69) is 20.8 Å². The van der Waals surface area contributed by atoms with Crippen LogP contribution in [-0.2, 0) is 14.3 Å². The van der Waals surface area contributed by atoms with E-state index in [0.29, 0.717) is 12.5 Å². The molecule has 2 atom stereocenters. The molecule has 1 aliphatic carbocycles. The molecule has 0 bridgehead atoms. The minimum Gasteiger partial charge on any atom is -0.465 e. The molecule has 100 valence electrons. The molecule has 0 spiro atoms. The van der Waals surface area contributed by atoms with Crippen LogP contribution < -0.4 is 0 Å². The van der Waals surface area contributed by atoms with Gasteiger partial charge in [-0.2, -0.15) is 0 Å². The van der Waals surface area contributed by atoms with Crippen molar-refractivity contribution in [3.8, 4) is 0 Å². The highest BCUT2D eigenvalue weighted by atomic mass is 16.5. The molecular formula is C14H26O3. The van der Waals surface area contributed by atoms with Gasteiger partial charge in [0, 0.05) is 6.61 Å². The summed E-state index contributed by atoms with van der Waals surface area (Å²) in [5, 5.41) is 0. The minimum absolute atomic E-state index is 0.0436. The highest BCUT2D eigenvalue weighted by molar-refractivity contribution is 5.77. The van der Waals surface area contributed by atoms with Gasteiger partial charge in [-0.3, -0.25) is 4.79 Å². The van der Waals surface area contributed by atoms with E-state index in [0.717, 1.165) is 32.3 Å². The average Bonchev–Trinajstić information content (AvgIpc) is 2.66. The summed E-state index contributed by atoms with van der Waals surface area (Å²) in [7, 11) is 0. The van der Waals surface area contributed by atoms with Crippen LogP contribution in [0.2, 0.25) is 0 Å². The van der Waals surface area contributed by atoms with Crippen LogP contribution in [0.1, 0.15) is 53.4 Å². The largest absolute Gasteiger partial charge is 0.465 e. The summed E-state index contributed by atoms with van der Waals surface area (Å²) in [6, 6.07) is 0. The van der Waals surface area contributed by atoms with Crippen molar-refractivity contribution < 1.29 is 14.3 Å². The van der Waals surface area contributed by atoms with Crippen LogP contribution in [0.5, 0.6) is 0 Å². The van der Waals surface area contributed by atoms with Gasteiger partial charge in [-0.1, -0.05) is 20.8 Å². The van der Waals surface area contributed by atoms with E-state index in [1.165, 1.54) is 0 Å². The predicted octanol–water partition coefficient (Wildman–Crippen LogP) is 3.17. The molecule has 1 aliphatic rings. The Kier molecular flexibility index (Phi) is 5.44.